The van der Waals surface area contributed by atoms with Crippen LogP contribution in [0.3, 0.4) is 0 Å². The summed E-state index contributed by atoms with van der Waals surface area (Å²) in [4.78, 5) is 4.35. The van der Waals surface area contributed by atoms with Crippen molar-refractivity contribution in [2.45, 2.75) is 6.04 Å². The highest BCUT2D eigenvalue weighted by atomic mass is 79.9. The number of hydrogen-bond donors (Lipinski definition) is 2. The van der Waals surface area contributed by atoms with Crippen molar-refractivity contribution in [2.24, 2.45) is 0 Å². The SMILES string of the molecule is Brc1ccc([C@H]2CNCCN2)nc1.Cl. The molecule has 1 aliphatic rings. The van der Waals surface area contributed by atoms with Gasteiger partial charge in [-0.3, -0.25) is 4.98 Å². The van der Waals surface area contributed by atoms with E-state index in [0.29, 0.717) is 6.04 Å². The Morgan fingerprint density at radius 1 is 1.36 bits per heavy atom. The molecule has 1 saturated heterocycles. The zero-order valence-corrected chi connectivity index (χ0v) is 10.1. The Balaban J connectivity index is 0.000000980. The van der Waals surface area contributed by atoms with Crippen molar-refractivity contribution in [3.8, 4) is 0 Å². The Morgan fingerprint density at radius 2 is 2.21 bits per heavy atom. The van der Waals surface area contributed by atoms with Crippen LogP contribution in [0.2, 0.25) is 0 Å². The fourth-order valence-corrected chi connectivity index (χ4v) is 1.69. The van der Waals surface area contributed by atoms with Crippen LogP contribution >= 0.6 is 28.3 Å². The lowest BCUT2D eigenvalue weighted by Gasteiger charge is -2.23. The summed E-state index contributed by atoms with van der Waals surface area (Å²) in [6.45, 7) is 3.03. The first-order valence-corrected chi connectivity index (χ1v) is 5.21. The van der Waals surface area contributed by atoms with Crippen LogP contribution < -0.4 is 10.6 Å². The summed E-state index contributed by atoms with van der Waals surface area (Å²) in [5.41, 5.74) is 1.11. The molecule has 1 aromatic heterocycles. The Bertz CT molecular complexity index is 272. The number of piperazine rings is 1. The monoisotopic (exact) mass is 277 g/mol. The molecule has 0 bridgehead atoms. The van der Waals surface area contributed by atoms with E-state index in [1.807, 2.05) is 12.3 Å². The molecule has 3 nitrogen and oxygen atoms in total. The number of aromatic nitrogens is 1. The van der Waals surface area contributed by atoms with Gasteiger partial charge in [-0.2, -0.15) is 0 Å². The van der Waals surface area contributed by atoms with E-state index in [-0.39, 0.29) is 12.4 Å². The van der Waals surface area contributed by atoms with Crippen LogP contribution in [-0.4, -0.2) is 24.6 Å². The van der Waals surface area contributed by atoms with Gasteiger partial charge < -0.3 is 10.6 Å². The lowest BCUT2D eigenvalue weighted by atomic mass is 10.1. The zero-order chi connectivity index (χ0) is 9.10. The van der Waals surface area contributed by atoms with E-state index in [4.69, 9.17) is 0 Å². The highest BCUT2D eigenvalue weighted by Gasteiger charge is 2.14. The Kier molecular flexibility index (Phi) is 4.81. The van der Waals surface area contributed by atoms with Crippen LogP contribution in [0.4, 0.5) is 0 Å². The molecule has 1 atom stereocenters. The van der Waals surface area contributed by atoms with Crippen LogP contribution in [-0.2, 0) is 0 Å². The minimum Gasteiger partial charge on any atom is -0.314 e. The van der Waals surface area contributed by atoms with Gasteiger partial charge in [0, 0.05) is 30.3 Å². The van der Waals surface area contributed by atoms with E-state index in [2.05, 4.69) is 37.6 Å². The Hall–Kier alpha value is -0.160. The number of hydrogen-bond acceptors (Lipinski definition) is 3. The molecule has 1 fully saturated rings. The van der Waals surface area contributed by atoms with Gasteiger partial charge >= 0.3 is 0 Å². The van der Waals surface area contributed by atoms with E-state index in [1.54, 1.807) is 0 Å². The van der Waals surface area contributed by atoms with Crippen molar-refractivity contribution in [1.29, 1.82) is 0 Å². The average Bonchev–Trinajstić information content (AvgIpc) is 2.20. The van der Waals surface area contributed by atoms with Gasteiger partial charge in [-0.05, 0) is 28.1 Å². The molecule has 0 spiro atoms. The van der Waals surface area contributed by atoms with Crippen LogP contribution in [0, 0.1) is 0 Å². The predicted octanol–water partition coefficient (Wildman–Crippen LogP) is 1.50. The average molecular weight is 279 g/mol. The summed E-state index contributed by atoms with van der Waals surface area (Å²) in [6, 6.07) is 4.44. The quantitative estimate of drug-likeness (QED) is 0.817. The first-order valence-electron chi connectivity index (χ1n) is 4.42. The van der Waals surface area contributed by atoms with Gasteiger partial charge in [0.1, 0.15) is 0 Å². The summed E-state index contributed by atoms with van der Waals surface area (Å²) in [5.74, 6) is 0. The van der Waals surface area contributed by atoms with Crippen molar-refractivity contribution < 1.29 is 0 Å². The van der Waals surface area contributed by atoms with Gasteiger partial charge in [-0.25, -0.2) is 0 Å². The molecule has 14 heavy (non-hydrogen) atoms. The fourth-order valence-electron chi connectivity index (χ4n) is 1.46. The molecule has 0 saturated carbocycles. The molecule has 2 N–H and O–H groups in total. The number of pyridine rings is 1. The molecular formula is C9H13BrClN3. The van der Waals surface area contributed by atoms with Crippen molar-refractivity contribution in [2.75, 3.05) is 19.6 Å². The predicted molar refractivity (Wildman–Crippen MR) is 62.8 cm³/mol. The number of halogens is 2. The molecule has 78 valence electrons. The first-order chi connectivity index (χ1) is 6.36. The second-order valence-corrected chi connectivity index (χ2v) is 4.03. The molecular weight excluding hydrogens is 265 g/mol. The standard InChI is InChI=1S/C9H12BrN3.ClH/c10-7-1-2-8(13-5-7)9-6-11-3-4-12-9;/h1-2,5,9,11-12H,3-4,6H2;1H/t9-;/m1./s1. The van der Waals surface area contributed by atoms with Crippen molar-refractivity contribution >= 4 is 28.3 Å². The minimum absolute atomic E-state index is 0. The van der Waals surface area contributed by atoms with E-state index < -0.39 is 0 Å². The number of nitrogens with one attached hydrogen (secondary N) is 2. The van der Waals surface area contributed by atoms with E-state index >= 15 is 0 Å². The van der Waals surface area contributed by atoms with Gasteiger partial charge in [0.25, 0.3) is 0 Å². The minimum atomic E-state index is 0. The maximum absolute atomic E-state index is 4.35. The molecule has 0 amide bonds. The molecule has 2 rings (SSSR count). The molecule has 5 heteroatoms. The highest BCUT2D eigenvalue weighted by molar-refractivity contribution is 9.10. The number of rotatable bonds is 1. The van der Waals surface area contributed by atoms with E-state index in [1.165, 1.54) is 0 Å². The summed E-state index contributed by atoms with van der Waals surface area (Å²) in [5, 5.41) is 6.75. The van der Waals surface area contributed by atoms with Gasteiger partial charge in [0.05, 0.1) is 11.7 Å². The Morgan fingerprint density at radius 3 is 2.79 bits per heavy atom. The summed E-state index contributed by atoms with van der Waals surface area (Å²) in [6.07, 6.45) is 1.84. The molecule has 1 aromatic rings. The number of nitrogens with zero attached hydrogens (tertiary/aromatic N) is 1. The molecule has 0 unspecified atom stereocenters. The van der Waals surface area contributed by atoms with Crippen LogP contribution in [0.1, 0.15) is 11.7 Å². The van der Waals surface area contributed by atoms with E-state index in [0.717, 1.165) is 29.8 Å². The van der Waals surface area contributed by atoms with Gasteiger partial charge in [-0.15, -0.1) is 12.4 Å². The topological polar surface area (TPSA) is 37.0 Å². The third kappa shape index (κ3) is 2.92. The van der Waals surface area contributed by atoms with Crippen LogP contribution in [0.25, 0.3) is 0 Å². The maximum Gasteiger partial charge on any atom is 0.0622 e. The molecule has 0 aromatic carbocycles. The second kappa shape index (κ2) is 5.66. The maximum atomic E-state index is 4.35. The van der Waals surface area contributed by atoms with Crippen molar-refractivity contribution in [3.05, 3.63) is 28.5 Å². The molecule has 2 heterocycles. The van der Waals surface area contributed by atoms with E-state index in [9.17, 15) is 0 Å². The summed E-state index contributed by atoms with van der Waals surface area (Å²) >= 11 is 3.37. The third-order valence-electron chi connectivity index (χ3n) is 2.15. The van der Waals surface area contributed by atoms with Crippen LogP contribution in [0.5, 0.6) is 0 Å². The molecule has 0 aliphatic carbocycles. The smallest absolute Gasteiger partial charge is 0.0622 e. The highest BCUT2D eigenvalue weighted by Crippen LogP contribution is 2.13. The largest absolute Gasteiger partial charge is 0.314 e. The van der Waals surface area contributed by atoms with Crippen molar-refractivity contribution in [1.82, 2.24) is 15.6 Å². The normalized spacial score (nSPS) is 21.4. The third-order valence-corrected chi connectivity index (χ3v) is 2.62. The molecule has 0 radical (unpaired) electrons. The summed E-state index contributed by atoms with van der Waals surface area (Å²) in [7, 11) is 0. The lowest BCUT2D eigenvalue weighted by molar-refractivity contribution is 0.423. The van der Waals surface area contributed by atoms with Gasteiger partial charge in [0.2, 0.25) is 0 Å². The molecule has 1 aliphatic heterocycles. The van der Waals surface area contributed by atoms with Gasteiger partial charge in [-0.1, -0.05) is 0 Å². The van der Waals surface area contributed by atoms with Crippen molar-refractivity contribution in [3.63, 3.8) is 0 Å². The Labute approximate surface area is 98.2 Å². The van der Waals surface area contributed by atoms with Gasteiger partial charge in [0.15, 0.2) is 0 Å². The fraction of sp³-hybridized carbons (Fsp3) is 0.444. The summed E-state index contributed by atoms with van der Waals surface area (Å²) < 4.78 is 1.03. The van der Waals surface area contributed by atoms with Crippen LogP contribution in [0.15, 0.2) is 22.8 Å². The lowest BCUT2D eigenvalue weighted by Crippen LogP contribution is -2.42. The second-order valence-electron chi connectivity index (χ2n) is 3.11. The zero-order valence-electron chi connectivity index (χ0n) is 7.66. The first kappa shape index (κ1) is 11.9.